The molecule has 0 unspecified atom stereocenters. The third kappa shape index (κ3) is 5.51. The number of oxazole rings is 1. The summed E-state index contributed by atoms with van der Waals surface area (Å²) in [4.78, 5) is 34.9. The Morgan fingerprint density at radius 2 is 1.74 bits per heavy atom. The number of aryl methyl sites for hydroxylation is 4. The first-order chi connectivity index (χ1) is 16.3. The summed E-state index contributed by atoms with van der Waals surface area (Å²) >= 11 is 0. The molecule has 0 spiro atoms. The molecule has 10 heteroatoms. The van der Waals surface area contributed by atoms with Crippen molar-refractivity contribution in [3.05, 3.63) is 46.6 Å². The van der Waals surface area contributed by atoms with E-state index in [1.165, 1.54) is 6.20 Å². The lowest BCUT2D eigenvalue weighted by Crippen LogP contribution is -2.47. The number of benzene rings is 1. The standard InChI is InChI=1S/C24H32N8O2/c1-6-7-31-8-10-32(11-9-31)23-27-18(5)26-22(29-23)30-24-25-14-19(34-24)21(33)28-20-16(3)12-15(2)13-17(20)4/h12-14H,6-11H2,1-5H3,(H,28,33)(H,25,26,27,29,30). The molecular formula is C24H32N8O2. The van der Waals surface area contributed by atoms with Crippen molar-refractivity contribution in [3.63, 3.8) is 0 Å². The SMILES string of the molecule is CCCN1CCN(c2nc(C)nc(Nc3ncc(C(=O)Nc4c(C)cc(C)cc4C)o3)n2)CC1. The molecule has 34 heavy (non-hydrogen) atoms. The van der Waals surface area contributed by atoms with E-state index in [4.69, 9.17) is 4.42 Å². The van der Waals surface area contributed by atoms with Gasteiger partial charge in [0.2, 0.25) is 17.7 Å². The van der Waals surface area contributed by atoms with E-state index in [1.54, 1.807) is 0 Å². The zero-order chi connectivity index (χ0) is 24.2. The van der Waals surface area contributed by atoms with E-state index in [9.17, 15) is 4.79 Å². The average Bonchev–Trinajstić information content (AvgIpc) is 3.25. The van der Waals surface area contributed by atoms with Gasteiger partial charge in [-0.25, -0.2) is 4.98 Å². The normalized spacial score (nSPS) is 14.3. The number of piperazine rings is 1. The van der Waals surface area contributed by atoms with Gasteiger partial charge in [0.15, 0.2) is 0 Å². The summed E-state index contributed by atoms with van der Waals surface area (Å²) in [7, 11) is 0. The van der Waals surface area contributed by atoms with Gasteiger partial charge in [-0.2, -0.15) is 15.0 Å². The van der Waals surface area contributed by atoms with Gasteiger partial charge in [0.1, 0.15) is 5.82 Å². The molecule has 1 saturated heterocycles. The Hall–Kier alpha value is -3.53. The molecule has 180 valence electrons. The Bertz CT molecular complexity index is 1140. The highest BCUT2D eigenvalue weighted by atomic mass is 16.4. The summed E-state index contributed by atoms with van der Waals surface area (Å²) in [6.07, 6.45) is 2.54. The molecule has 1 aromatic carbocycles. The topological polar surface area (TPSA) is 112 Å². The molecule has 3 heterocycles. The number of hydrogen-bond donors (Lipinski definition) is 2. The van der Waals surface area contributed by atoms with Crippen LogP contribution in [0.25, 0.3) is 0 Å². The molecule has 2 N–H and O–H groups in total. The van der Waals surface area contributed by atoms with Gasteiger partial charge >= 0.3 is 6.01 Å². The number of aromatic nitrogens is 4. The fraction of sp³-hybridized carbons (Fsp3) is 0.458. The smallest absolute Gasteiger partial charge is 0.302 e. The second kappa shape index (κ2) is 10.2. The number of amides is 1. The van der Waals surface area contributed by atoms with E-state index in [1.807, 2.05) is 39.8 Å². The van der Waals surface area contributed by atoms with E-state index in [-0.39, 0.29) is 17.7 Å². The number of anilines is 4. The number of carbonyl (C=O) groups excluding carboxylic acids is 1. The number of hydrogen-bond acceptors (Lipinski definition) is 9. The molecular weight excluding hydrogens is 432 g/mol. The first-order valence-corrected chi connectivity index (χ1v) is 11.6. The van der Waals surface area contributed by atoms with Crippen molar-refractivity contribution >= 4 is 29.5 Å². The highest BCUT2D eigenvalue weighted by molar-refractivity contribution is 6.03. The summed E-state index contributed by atoms with van der Waals surface area (Å²) in [5, 5.41) is 5.89. The highest BCUT2D eigenvalue weighted by Gasteiger charge is 2.20. The summed E-state index contributed by atoms with van der Waals surface area (Å²) in [6.45, 7) is 14.8. The van der Waals surface area contributed by atoms with Gasteiger partial charge in [-0.1, -0.05) is 24.6 Å². The molecule has 0 aliphatic carbocycles. The van der Waals surface area contributed by atoms with Gasteiger partial charge in [0.25, 0.3) is 5.91 Å². The fourth-order valence-corrected chi connectivity index (χ4v) is 4.24. The summed E-state index contributed by atoms with van der Waals surface area (Å²) in [5.74, 6) is 1.28. The molecule has 4 rings (SSSR count). The third-order valence-corrected chi connectivity index (χ3v) is 5.79. The van der Waals surface area contributed by atoms with Crippen molar-refractivity contribution in [1.82, 2.24) is 24.8 Å². The van der Waals surface area contributed by atoms with Crippen LogP contribution in [0.5, 0.6) is 0 Å². The molecule has 0 radical (unpaired) electrons. The molecule has 3 aromatic rings. The maximum atomic E-state index is 12.7. The molecule has 1 aliphatic rings. The monoisotopic (exact) mass is 464 g/mol. The van der Waals surface area contributed by atoms with E-state index < -0.39 is 0 Å². The maximum Gasteiger partial charge on any atom is 0.302 e. The summed E-state index contributed by atoms with van der Waals surface area (Å²) in [5.41, 5.74) is 3.91. The lowest BCUT2D eigenvalue weighted by Gasteiger charge is -2.34. The molecule has 0 bridgehead atoms. The Kier molecular flexibility index (Phi) is 7.06. The van der Waals surface area contributed by atoms with Crippen LogP contribution in [-0.4, -0.2) is 63.5 Å². The predicted octanol–water partition coefficient (Wildman–Crippen LogP) is 3.62. The van der Waals surface area contributed by atoms with Gasteiger partial charge in [-0.15, -0.1) is 0 Å². The fourth-order valence-electron chi connectivity index (χ4n) is 4.24. The molecule has 10 nitrogen and oxygen atoms in total. The van der Waals surface area contributed by atoms with E-state index in [2.05, 4.69) is 47.3 Å². The highest BCUT2D eigenvalue weighted by Crippen LogP contribution is 2.23. The maximum absolute atomic E-state index is 12.7. The first kappa shape index (κ1) is 23.6. The third-order valence-electron chi connectivity index (χ3n) is 5.79. The van der Waals surface area contributed by atoms with Crippen LogP contribution in [0, 0.1) is 27.7 Å². The van der Waals surface area contributed by atoms with Crippen LogP contribution >= 0.6 is 0 Å². The number of nitrogens with zero attached hydrogens (tertiary/aromatic N) is 6. The van der Waals surface area contributed by atoms with Crippen LogP contribution in [-0.2, 0) is 0 Å². The van der Waals surface area contributed by atoms with Gasteiger partial charge in [-0.05, 0) is 51.8 Å². The minimum atomic E-state index is -0.368. The predicted molar refractivity (Wildman–Crippen MR) is 132 cm³/mol. The number of nitrogens with one attached hydrogen (secondary N) is 2. The zero-order valence-electron chi connectivity index (χ0n) is 20.5. The minimum Gasteiger partial charge on any atom is -0.418 e. The van der Waals surface area contributed by atoms with Crippen LogP contribution < -0.4 is 15.5 Å². The second-order valence-electron chi connectivity index (χ2n) is 8.72. The quantitative estimate of drug-likeness (QED) is 0.541. The molecule has 1 amide bonds. The zero-order valence-corrected chi connectivity index (χ0v) is 20.5. The van der Waals surface area contributed by atoms with Gasteiger partial charge in [0.05, 0.1) is 6.20 Å². The molecule has 1 fully saturated rings. The van der Waals surface area contributed by atoms with Crippen LogP contribution in [0.2, 0.25) is 0 Å². The van der Waals surface area contributed by atoms with E-state index in [0.717, 1.165) is 61.5 Å². The van der Waals surface area contributed by atoms with Crippen molar-refractivity contribution in [2.24, 2.45) is 0 Å². The van der Waals surface area contributed by atoms with Gasteiger partial charge < -0.3 is 14.6 Å². The Labute approximate surface area is 199 Å². The van der Waals surface area contributed by atoms with Crippen LogP contribution in [0.3, 0.4) is 0 Å². The van der Waals surface area contributed by atoms with Crippen molar-refractivity contribution in [1.29, 1.82) is 0 Å². The van der Waals surface area contributed by atoms with Crippen LogP contribution in [0.4, 0.5) is 23.6 Å². The summed E-state index contributed by atoms with van der Waals surface area (Å²) < 4.78 is 5.64. The largest absolute Gasteiger partial charge is 0.418 e. The Balaban J connectivity index is 1.43. The van der Waals surface area contributed by atoms with Crippen LogP contribution in [0.15, 0.2) is 22.7 Å². The van der Waals surface area contributed by atoms with Crippen molar-refractivity contribution < 1.29 is 9.21 Å². The molecule has 1 aliphatic heterocycles. The molecule has 0 saturated carbocycles. The van der Waals surface area contributed by atoms with Gasteiger partial charge in [-0.3, -0.25) is 15.0 Å². The Morgan fingerprint density at radius 1 is 1.03 bits per heavy atom. The van der Waals surface area contributed by atoms with Crippen molar-refractivity contribution in [3.8, 4) is 0 Å². The van der Waals surface area contributed by atoms with E-state index in [0.29, 0.717) is 17.7 Å². The first-order valence-electron chi connectivity index (χ1n) is 11.6. The Morgan fingerprint density at radius 3 is 2.41 bits per heavy atom. The molecule has 2 aromatic heterocycles. The van der Waals surface area contributed by atoms with Crippen LogP contribution in [0.1, 0.15) is 46.4 Å². The second-order valence-corrected chi connectivity index (χ2v) is 8.72. The van der Waals surface area contributed by atoms with Crippen molar-refractivity contribution in [2.45, 2.75) is 41.0 Å². The summed E-state index contributed by atoms with van der Waals surface area (Å²) in [6, 6.07) is 4.20. The van der Waals surface area contributed by atoms with Gasteiger partial charge in [0, 0.05) is 31.9 Å². The van der Waals surface area contributed by atoms with E-state index >= 15 is 0 Å². The number of rotatable bonds is 7. The lowest BCUT2D eigenvalue weighted by molar-refractivity contribution is 0.0997. The number of carbonyl (C=O) groups is 1. The minimum absolute atomic E-state index is 0.0972. The van der Waals surface area contributed by atoms with Crippen molar-refractivity contribution in [2.75, 3.05) is 48.3 Å². The molecule has 0 atom stereocenters. The average molecular weight is 465 g/mol. The lowest BCUT2D eigenvalue weighted by atomic mass is 10.1.